The Bertz CT molecular complexity index is 646. The summed E-state index contributed by atoms with van der Waals surface area (Å²) in [6.07, 6.45) is 1.22. The van der Waals surface area contributed by atoms with Gasteiger partial charge in [-0.2, -0.15) is 0 Å². The number of hydrogen-bond acceptors (Lipinski definition) is 4. The lowest BCUT2D eigenvalue weighted by Crippen LogP contribution is -2.27. The molecule has 1 aromatic carbocycles. The zero-order valence-electron chi connectivity index (χ0n) is 10.2. The number of hydrogen-bond donors (Lipinski definition) is 0. The second kappa shape index (κ2) is 4.66. The highest BCUT2D eigenvalue weighted by molar-refractivity contribution is 6.06. The topological polar surface area (TPSA) is 46.6 Å². The SMILES string of the molecule is COC(=O)C1=CC(=C=O)c2cc(F)c(F)cc2N1C. The van der Waals surface area contributed by atoms with E-state index in [0.29, 0.717) is 0 Å². The quantitative estimate of drug-likeness (QED) is 0.572. The van der Waals surface area contributed by atoms with Crippen molar-refractivity contribution in [3.8, 4) is 0 Å². The van der Waals surface area contributed by atoms with Gasteiger partial charge in [0.2, 0.25) is 0 Å². The minimum Gasteiger partial charge on any atom is -0.464 e. The molecule has 1 aliphatic rings. The van der Waals surface area contributed by atoms with Gasteiger partial charge >= 0.3 is 5.97 Å². The van der Waals surface area contributed by atoms with Crippen LogP contribution in [0.3, 0.4) is 0 Å². The van der Waals surface area contributed by atoms with Crippen LogP contribution in [0.5, 0.6) is 0 Å². The van der Waals surface area contributed by atoms with Crippen molar-refractivity contribution < 1.29 is 23.1 Å². The Morgan fingerprint density at radius 2 is 1.95 bits per heavy atom. The third-order valence-corrected chi connectivity index (χ3v) is 2.84. The number of ether oxygens (including phenoxy) is 1. The van der Waals surface area contributed by atoms with Crippen LogP contribution in [-0.2, 0) is 14.3 Å². The average molecular weight is 265 g/mol. The van der Waals surface area contributed by atoms with E-state index in [1.807, 2.05) is 0 Å². The standard InChI is InChI=1S/C13H9F2NO3/c1-16-11-5-10(15)9(14)4-8(11)7(6-17)3-12(16)13(18)19-2/h3-5H,1-2H3. The lowest BCUT2D eigenvalue weighted by atomic mass is 9.98. The molecule has 1 aliphatic heterocycles. The van der Waals surface area contributed by atoms with E-state index < -0.39 is 17.6 Å². The van der Waals surface area contributed by atoms with Crippen LogP contribution in [0.1, 0.15) is 5.56 Å². The van der Waals surface area contributed by atoms with Gasteiger partial charge in [-0.25, -0.2) is 18.4 Å². The van der Waals surface area contributed by atoms with Gasteiger partial charge in [0.1, 0.15) is 11.6 Å². The molecule has 0 aliphatic carbocycles. The largest absolute Gasteiger partial charge is 0.464 e. The zero-order chi connectivity index (χ0) is 14.2. The number of carbonyl (C=O) groups excluding carboxylic acids is 2. The summed E-state index contributed by atoms with van der Waals surface area (Å²) in [7, 11) is 2.67. The summed E-state index contributed by atoms with van der Waals surface area (Å²) in [4.78, 5) is 23.8. The first-order valence-electron chi connectivity index (χ1n) is 5.28. The van der Waals surface area contributed by atoms with Gasteiger partial charge < -0.3 is 9.64 Å². The number of likely N-dealkylation sites (N-methyl/N-ethyl adjacent to an activating group) is 1. The third-order valence-electron chi connectivity index (χ3n) is 2.84. The Morgan fingerprint density at radius 1 is 1.32 bits per heavy atom. The van der Waals surface area contributed by atoms with Gasteiger partial charge in [0, 0.05) is 18.7 Å². The second-order valence-corrected chi connectivity index (χ2v) is 3.88. The molecule has 0 N–H and O–H groups in total. The van der Waals surface area contributed by atoms with Crippen LogP contribution in [0.15, 0.2) is 23.9 Å². The van der Waals surface area contributed by atoms with Gasteiger partial charge in [0.25, 0.3) is 0 Å². The summed E-state index contributed by atoms with van der Waals surface area (Å²) in [6, 6.07) is 1.81. The molecular formula is C13H9F2NO3. The summed E-state index contributed by atoms with van der Waals surface area (Å²) in [6.45, 7) is 0. The predicted molar refractivity (Wildman–Crippen MR) is 64.0 cm³/mol. The highest BCUT2D eigenvalue weighted by Crippen LogP contribution is 2.35. The number of halogens is 2. The van der Waals surface area contributed by atoms with Crippen molar-refractivity contribution in [2.45, 2.75) is 0 Å². The van der Waals surface area contributed by atoms with E-state index in [1.54, 1.807) is 5.94 Å². The highest BCUT2D eigenvalue weighted by Gasteiger charge is 2.27. The Balaban J connectivity index is 2.68. The molecule has 0 aromatic heterocycles. The van der Waals surface area contributed by atoms with Crippen molar-refractivity contribution in [2.24, 2.45) is 0 Å². The van der Waals surface area contributed by atoms with Gasteiger partial charge in [-0.3, -0.25) is 0 Å². The van der Waals surface area contributed by atoms with Crippen LogP contribution in [0.4, 0.5) is 14.5 Å². The number of nitrogens with zero attached hydrogens (tertiary/aromatic N) is 1. The number of allylic oxidation sites excluding steroid dienone is 2. The summed E-state index contributed by atoms with van der Waals surface area (Å²) in [5, 5.41) is 0. The molecule has 0 amide bonds. The second-order valence-electron chi connectivity index (χ2n) is 3.88. The molecule has 2 rings (SSSR count). The van der Waals surface area contributed by atoms with Crippen LogP contribution in [0.25, 0.3) is 5.57 Å². The van der Waals surface area contributed by atoms with Gasteiger partial charge in [-0.1, -0.05) is 0 Å². The Hall–Kier alpha value is -2.46. The predicted octanol–water partition coefficient (Wildman–Crippen LogP) is 1.69. The molecular weight excluding hydrogens is 256 g/mol. The molecule has 0 radical (unpaired) electrons. The van der Waals surface area contributed by atoms with Gasteiger partial charge in [-0.05, 0) is 12.1 Å². The first kappa shape index (κ1) is 13.0. The maximum atomic E-state index is 13.3. The Labute approximate surface area is 107 Å². The van der Waals surface area contributed by atoms with Gasteiger partial charge in [0.15, 0.2) is 11.6 Å². The Morgan fingerprint density at radius 3 is 2.53 bits per heavy atom. The van der Waals surface area contributed by atoms with Crippen LogP contribution in [-0.4, -0.2) is 26.1 Å². The summed E-state index contributed by atoms with van der Waals surface area (Å²) < 4.78 is 31.1. The lowest BCUT2D eigenvalue weighted by molar-refractivity contribution is -0.136. The average Bonchev–Trinajstić information content (AvgIpc) is 2.41. The molecule has 19 heavy (non-hydrogen) atoms. The number of esters is 1. The van der Waals surface area contributed by atoms with Crippen molar-refractivity contribution in [1.29, 1.82) is 0 Å². The van der Waals surface area contributed by atoms with E-state index in [9.17, 15) is 18.4 Å². The number of benzene rings is 1. The molecule has 6 heteroatoms. The fraction of sp³-hybridized carbons (Fsp3) is 0.154. The minimum atomic E-state index is -1.07. The van der Waals surface area contributed by atoms with Gasteiger partial charge in [-0.15, -0.1) is 0 Å². The first-order chi connectivity index (χ1) is 8.99. The summed E-state index contributed by atoms with van der Waals surface area (Å²) >= 11 is 0. The normalized spacial score (nSPS) is 13.6. The Kier molecular flexibility index (Phi) is 3.19. The van der Waals surface area contributed by atoms with E-state index in [0.717, 1.165) is 12.1 Å². The highest BCUT2D eigenvalue weighted by atomic mass is 19.2. The fourth-order valence-corrected chi connectivity index (χ4v) is 1.86. The number of fused-ring (bicyclic) bond motifs is 1. The van der Waals surface area contributed by atoms with E-state index in [4.69, 9.17) is 0 Å². The lowest BCUT2D eigenvalue weighted by Gasteiger charge is -2.27. The van der Waals surface area contributed by atoms with Gasteiger partial charge in [0.05, 0.1) is 18.4 Å². The van der Waals surface area contributed by atoms with E-state index in [-0.39, 0.29) is 22.5 Å². The van der Waals surface area contributed by atoms with E-state index in [2.05, 4.69) is 4.74 Å². The smallest absolute Gasteiger partial charge is 0.354 e. The summed E-state index contributed by atoms with van der Waals surface area (Å²) in [5.41, 5.74) is 0.371. The van der Waals surface area contributed by atoms with Crippen LogP contribution >= 0.6 is 0 Å². The van der Waals surface area contributed by atoms with Crippen LogP contribution < -0.4 is 4.90 Å². The van der Waals surface area contributed by atoms with Crippen LogP contribution in [0, 0.1) is 11.6 Å². The third kappa shape index (κ3) is 2.02. The molecule has 0 spiro atoms. The van der Waals surface area contributed by atoms with Crippen molar-refractivity contribution in [3.63, 3.8) is 0 Å². The maximum Gasteiger partial charge on any atom is 0.354 e. The van der Waals surface area contributed by atoms with E-state index >= 15 is 0 Å². The maximum absolute atomic E-state index is 13.3. The number of anilines is 1. The van der Waals surface area contributed by atoms with Crippen molar-refractivity contribution >= 4 is 23.2 Å². The number of rotatable bonds is 1. The molecule has 0 atom stereocenters. The first-order valence-corrected chi connectivity index (χ1v) is 5.28. The number of methoxy groups -OCH3 is 1. The van der Waals surface area contributed by atoms with Crippen molar-refractivity contribution in [3.05, 3.63) is 41.1 Å². The zero-order valence-corrected chi connectivity index (χ0v) is 10.2. The monoisotopic (exact) mass is 265 g/mol. The molecule has 0 saturated heterocycles. The molecule has 0 bridgehead atoms. The summed E-state index contributed by atoms with van der Waals surface area (Å²) in [5.74, 6) is -1.23. The molecule has 0 unspecified atom stereocenters. The molecule has 1 heterocycles. The molecule has 4 nitrogen and oxygen atoms in total. The molecule has 0 saturated carbocycles. The van der Waals surface area contributed by atoms with Crippen molar-refractivity contribution in [2.75, 3.05) is 19.1 Å². The molecule has 0 fully saturated rings. The number of carbonyl (C=O) groups is 1. The molecule has 1 aromatic rings. The van der Waals surface area contributed by atoms with E-state index in [1.165, 1.54) is 25.1 Å². The fourth-order valence-electron chi connectivity index (χ4n) is 1.86. The van der Waals surface area contributed by atoms with Crippen LogP contribution in [0.2, 0.25) is 0 Å². The van der Waals surface area contributed by atoms with Crippen molar-refractivity contribution in [1.82, 2.24) is 0 Å². The molecule has 98 valence electrons. The minimum absolute atomic E-state index is 0.0348.